The summed E-state index contributed by atoms with van der Waals surface area (Å²) in [5.41, 5.74) is -0.758. The van der Waals surface area contributed by atoms with Gasteiger partial charge in [0.25, 0.3) is 0 Å². The Bertz CT molecular complexity index is 431. The molecule has 1 N–H and O–H groups in total. The number of carboxylic acids is 1. The molecule has 2 rings (SSSR count). The fourth-order valence-corrected chi connectivity index (χ4v) is 2.48. The summed E-state index contributed by atoms with van der Waals surface area (Å²) in [4.78, 5) is 11.4. The maximum atomic E-state index is 11.4. The predicted molar refractivity (Wildman–Crippen MR) is 62.9 cm³/mol. The molecule has 1 heterocycles. The lowest BCUT2D eigenvalue weighted by molar-refractivity contribution is -0.142. The number of aliphatic carboxylic acids is 1. The number of nitrogens with zero attached hydrogens (tertiary/aromatic N) is 3. The van der Waals surface area contributed by atoms with Gasteiger partial charge in [-0.3, -0.25) is 4.57 Å². The number of aryl methyl sites for hydroxylation is 1. The Kier molecular flexibility index (Phi) is 2.93. The van der Waals surface area contributed by atoms with Gasteiger partial charge in [-0.15, -0.1) is 10.2 Å². The molecule has 1 fully saturated rings. The van der Waals surface area contributed by atoms with Gasteiger partial charge in [0.05, 0.1) is 0 Å². The van der Waals surface area contributed by atoms with Crippen LogP contribution in [-0.2, 0) is 10.3 Å². The van der Waals surface area contributed by atoms with E-state index in [-0.39, 0.29) is 0 Å². The molecule has 94 valence electrons. The van der Waals surface area contributed by atoms with Gasteiger partial charge in [-0.25, -0.2) is 4.79 Å². The van der Waals surface area contributed by atoms with Gasteiger partial charge in [-0.2, -0.15) is 0 Å². The molecule has 17 heavy (non-hydrogen) atoms. The van der Waals surface area contributed by atoms with Crippen molar-refractivity contribution in [3.05, 3.63) is 11.6 Å². The molecule has 1 aliphatic carbocycles. The van der Waals surface area contributed by atoms with E-state index >= 15 is 0 Å². The van der Waals surface area contributed by atoms with Crippen LogP contribution < -0.4 is 0 Å². The number of carbonyl (C=O) groups is 1. The number of rotatable bonds is 5. The van der Waals surface area contributed by atoms with Crippen molar-refractivity contribution in [2.75, 3.05) is 0 Å². The molecule has 0 unspecified atom stereocenters. The summed E-state index contributed by atoms with van der Waals surface area (Å²) in [6.07, 6.45) is 3.30. The predicted octanol–water partition coefficient (Wildman–Crippen LogP) is 2.06. The van der Waals surface area contributed by atoms with Crippen LogP contribution in [0.4, 0.5) is 0 Å². The zero-order valence-electron chi connectivity index (χ0n) is 10.6. The van der Waals surface area contributed by atoms with Crippen molar-refractivity contribution in [3.8, 4) is 0 Å². The van der Waals surface area contributed by atoms with Crippen LogP contribution >= 0.6 is 0 Å². The van der Waals surface area contributed by atoms with E-state index in [1.165, 1.54) is 0 Å². The average Bonchev–Trinajstić information content (AvgIpc) is 3.01. The van der Waals surface area contributed by atoms with Crippen molar-refractivity contribution in [3.63, 3.8) is 0 Å². The van der Waals surface area contributed by atoms with Gasteiger partial charge in [-0.1, -0.05) is 13.8 Å². The van der Waals surface area contributed by atoms with E-state index in [1.807, 2.05) is 11.5 Å². The minimum atomic E-state index is -0.758. The molecule has 1 aromatic rings. The normalized spacial score (nSPS) is 17.4. The van der Waals surface area contributed by atoms with Gasteiger partial charge < -0.3 is 5.11 Å². The van der Waals surface area contributed by atoms with E-state index in [1.54, 1.807) is 0 Å². The Morgan fingerprint density at radius 3 is 2.41 bits per heavy atom. The number of hydrogen-bond donors (Lipinski definition) is 1. The second kappa shape index (κ2) is 4.13. The van der Waals surface area contributed by atoms with Crippen molar-refractivity contribution in [1.29, 1.82) is 0 Å². The van der Waals surface area contributed by atoms with Gasteiger partial charge in [0, 0.05) is 5.92 Å². The van der Waals surface area contributed by atoms with E-state index in [2.05, 4.69) is 24.0 Å². The molecule has 0 bridgehead atoms. The summed E-state index contributed by atoms with van der Waals surface area (Å²) in [5.74, 6) is 1.10. The minimum Gasteiger partial charge on any atom is -0.479 e. The smallest absolute Gasteiger partial charge is 0.329 e. The molecular formula is C12H19N3O2. The monoisotopic (exact) mass is 237 g/mol. The maximum Gasteiger partial charge on any atom is 0.329 e. The Labute approximate surface area is 101 Å². The minimum absolute atomic E-state index is 0.299. The molecule has 0 radical (unpaired) electrons. The first kappa shape index (κ1) is 12.1. The summed E-state index contributed by atoms with van der Waals surface area (Å²) in [7, 11) is 0. The third kappa shape index (κ3) is 1.73. The maximum absolute atomic E-state index is 11.4. The van der Waals surface area contributed by atoms with E-state index in [0.29, 0.717) is 24.6 Å². The highest BCUT2D eigenvalue weighted by molar-refractivity contribution is 5.80. The van der Waals surface area contributed by atoms with Crippen molar-refractivity contribution < 1.29 is 9.90 Å². The highest BCUT2D eigenvalue weighted by Crippen LogP contribution is 2.46. The van der Waals surface area contributed by atoms with Crippen LogP contribution in [0.1, 0.15) is 57.1 Å². The van der Waals surface area contributed by atoms with E-state index in [9.17, 15) is 9.90 Å². The SMILES string of the molecule is CCC(CC)c1nnc(C)n1C1(C(=O)O)CC1. The molecule has 0 atom stereocenters. The van der Waals surface area contributed by atoms with Gasteiger partial charge in [0.15, 0.2) is 0 Å². The van der Waals surface area contributed by atoms with Gasteiger partial charge in [0.2, 0.25) is 0 Å². The van der Waals surface area contributed by atoms with Crippen molar-refractivity contribution in [2.24, 2.45) is 0 Å². The third-order valence-electron chi connectivity index (χ3n) is 3.75. The highest BCUT2D eigenvalue weighted by atomic mass is 16.4. The van der Waals surface area contributed by atoms with E-state index in [0.717, 1.165) is 18.7 Å². The Morgan fingerprint density at radius 1 is 1.41 bits per heavy atom. The molecule has 5 nitrogen and oxygen atoms in total. The molecule has 0 saturated heterocycles. The van der Waals surface area contributed by atoms with Crippen molar-refractivity contribution in [2.45, 2.75) is 57.9 Å². The lowest BCUT2D eigenvalue weighted by Crippen LogP contribution is -2.30. The first-order valence-electron chi connectivity index (χ1n) is 6.22. The molecular weight excluding hydrogens is 218 g/mol. The van der Waals surface area contributed by atoms with Gasteiger partial charge >= 0.3 is 5.97 Å². The lowest BCUT2D eigenvalue weighted by atomic mass is 10.0. The highest BCUT2D eigenvalue weighted by Gasteiger charge is 2.54. The van der Waals surface area contributed by atoms with Crippen LogP contribution in [0.15, 0.2) is 0 Å². The number of hydrogen-bond acceptors (Lipinski definition) is 3. The van der Waals surface area contributed by atoms with Gasteiger partial charge in [-0.05, 0) is 32.6 Å². The average molecular weight is 237 g/mol. The Hall–Kier alpha value is -1.39. The molecule has 1 saturated carbocycles. The van der Waals surface area contributed by atoms with Crippen molar-refractivity contribution >= 4 is 5.97 Å². The van der Waals surface area contributed by atoms with Crippen LogP contribution in [0, 0.1) is 6.92 Å². The number of carboxylic acid groups (broad SMARTS) is 1. The van der Waals surface area contributed by atoms with Crippen LogP contribution in [0.25, 0.3) is 0 Å². The quantitative estimate of drug-likeness (QED) is 0.851. The van der Waals surface area contributed by atoms with Crippen LogP contribution in [0.5, 0.6) is 0 Å². The third-order valence-corrected chi connectivity index (χ3v) is 3.75. The summed E-state index contributed by atoms with van der Waals surface area (Å²) < 4.78 is 1.85. The summed E-state index contributed by atoms with van der Waals surface area (Å²) in [5, 5.41) is 17.6. The van der Waals surface area contributed by atoms with Crippen LogP contribution in [-0.4, -0.2) is 25.8 Å². The Morgan fingerprint density at radius 2 is 2.00 bits per heavy atom. The summed E-state index contributed by atoms with van der Waals surface area (Å²) in [6.45, 7) is 6.04. The first-order valence-corrected chi connectivity index (χ1v) is 6.22. The molecule has 0 aliphatic heterocycles. The fraction of sp³-hybridized carbons (Fsp3) is 0.750. The molecule has 5 heteroatoms. The Balaban J connectivity index is 2.47. The summed E-state index contributed by atoms with van der Waals surface area (Å²) >= 11 is 0. The van der Waals surface area contributed by atoms with Crippen LogP contribution in [0.3, 0.4) is 0 Å². The molecule has 0 amide bonds. The van der Waals surface area contributed by atoms with Crippen molar-refractivity contribution in [1.82, 2.24) is 14.8 Å². The van der Waals surface area contributed by atoms with E-state index < -0.39 is 11.5 Å². The summed E-state index contributed by atoms with van der Waals surface area (Å²) in [6, 6.07) is 0. The lowest BCUT2D eigenvalue weighted by Gasteiger charge is -2.20. The zero-order valence-corrected chi connectivity index (χ0v) is 10.6. The first-order chi connectivity index (χ1) is 8.06. The second-order valence-electron chi connectivity index (χ2n) is 4.79. The molecule has 1 aromatic heterocycles. The topological polar surface area (TPSA) is 68.0 Å². The zero-order chi connectivity index (χ0) is 12.6. The molecule has 0 aromatic carbocycles. The fourth-order valence-electron chi connectivity index (χ4n) is 2.48. The largest absolute Gasteiger partial charge is 0.479 e. The standard InChI is InChI=1S/C12H19N3O2/c1-4-9(5-2)10-14-13-8(3)15(10)12(6-7-12)11(16)17/h9H,4-7H2,1-3H3,(H,16,17). The van der Waals surface area contributed by atoms with Gasteiger partial charge in [0.1, 0.15) is 17.2 Å². The van der Waals surface area contributed by atoms with E-state index in [4.69, 9.17) is 0 Å². The second-order valence-corrected chi connectivity index (χ2v) is 4.79. The number of aromatic nitrogens is 3. The molecule has 0 spiro atoms. The molecule has 1 aliphatic rings. The van der Waals surface area contributed by atoms with Crippen LogP contribution in [0.2, 0.25) is 0 Å².